The largest absolute Gasteiger partial charge is 0.375 e. The second kappa shape index (κ2) is 8.83. The molecule has 0 spiro atoms. The molecular weight excluding hydrogens is 362 g/mol. The Morgan fingerprint density at radius 3 is 1.97 bits per heavy atom. The first-order valence-electron chi connectivity index (χ1n) is 11.7. The molecule has 0 bridgehead atoms. The summed E-state index contributed by atoms with van der Waals surface area (Å²) in [7, 11) is 0. The van der Waals surface area contributed by atoms with Gasteiger partial charge in [0.15, 0.2) is 0 Å². The second-order valence-electron chi connectivity index (χ2n) is 11.6. The molecule has 0 N–H and O–H groups in total. The highest BCUT2D eigenvalue weighted by molar-refractivity contribution is 5.05. The zero-order chi connectivity index (χ0) is 21.3. The number of likely N-dealkylation sites (tertiary alicyclic amines) is 2. The fourth-order valence-electron chi connectivity index (χ4n) is 5.04. The Morgan fingerprint density at radius 1 is 0.897 bits per heavy atom. The minimum Gasteiger partial charge on any atom is -0.375 e. The Hall–Kier alpha value is -0.670. The van der Waals surface area contributed by atoms with Gasteiger partial charge in [-0.15, -0.1) is 0 Å². The van der Waals surface area contributed by atoms with Gasteiger partial charge in [0.25, 0.3) is 0 Å². The van der Waals surface area contributed by atoms with E-state index in [0.717, 1.165) is 71.2 Å². The Balaban J connectivity index is 1.37. The summed E-state index contributed by atoms with van der Waals surface area (Å²) in [5.74, 6) is 0. The number of rotatable bonds is 5. The zero-order valence-electron chi connectivity index (χ0n) is 19.7. The molecule has 5 nitrogen and oxygen atoms in total. The van der Waals surface area contributed by atoms with Crippen LogP contribution in [0.3, 0.4) is 0 Å². The summed E-state index contributed by atoms with van der Waals surface area (Å²) >= 11 is 0. The summed E-state index contributed by atoms with van der Waals surface area (Å²) in [4.78, 5) is 5.04. The number of piperidine rings is 2. The lowest BCUT2D eigenvalue weighted by molar-refractivity contribution is -0.168. The molecule has 1 aliphatic carbocycles. The van der Waals surface area contributed by atoms with E-state index in [4.69, 9.17) is 9.47 Å². The number of nitrogens with zero attached hydrogens (tertiary/aromatic N) is 3. The van der Waals surface area contributed by atoms with Crippen LogP contribution in [0.25, 0.3) is 0 Å². The first kappa shape index (κ1) is 23.0. The second-order valence-corrected chi connectivity index (χ2v) is 11.6. The highest BCUT2D eigenvalue weighted by atomic mass is 16.5. The highest BCUT2D eigenvalue weighted by Gasteiger charge is 2.40. The quantitative estimate of drug-likeness (QED) is 0.685. The molecule has 1 saturated carbocycles. The Morgan fingerprint density at radius 2 is 1.48 bits per heavy atom. The maximum absolute atomic E-state index is 9.95. The van der Waals surface area contributed by atoms with Crippen molar-refractivity contribution >= 4 is 0 Å². The van der Waals surface area contributed by atoms with Crippen LogP contribution in [0.15, 0.2) is 0 Å². The molecule has 29 heavy (non-hydrogen) atoms. The van der Waals surface area contributed by atoms with Crippen molar-refractivity contribution in [2.45, 2.75) is 110 Å². The van der Waals surface area contributed by atoms with Crippen molar-refractivity contribution in [2.24, 2.45) is 5.41 Å². The molecule has 3 rings (SSSR count). The first-order chi connectivity index (χ1) is 13.5. The van der Waals surface area contributed by atoms with Crippen LogP contribution < -0.4 is 0 Å². The molecule has 0 aromatic heterocycles. The zero-order valence-corrected chi connectivity index (χ0v) is 19.7. The minimum atomic E-state index is -0.166. The molecule has 2 saturated heterocycles. The summed E-state index contributed by atoms with van der Waals surface area (Å²) in [6.07, 6.45) is 7.39. The van der Waals surface area contributed by atoms with E-state index in [1.807, 2.05) is 0 Å². The number of hydrogen-bond donors (Lipinski definition) is 0. The highest BCUT2D eigenvalue weighted by Crippen LogP contribution is 2.36. The van der Waals surface area contributed by atoms with Gasteiger partial charge < -0.3 is 14.4 Å². The average molecular weight is 406 g/mol. The van der Waals surface area contributed by atoms with Gasteiger partial charge in [-0.1, -0.05) is 0 Å². The predicted octanol–water partition coefficient (Wildman–Crippen LogP) is 4.22. The number of hydrogen-bond acceptors (Lipinski definition) is 5. The van der Waals surface area contributed by atoms with E-state index in [1.165, 1.54) is 0 Å². The van der Waals surface area contributed by atoms with Crippen LogP contribution in [0.4, 0.5) is 0 Å². The van der Waals surface area contributed by atoms with Crippen LogP contribution in [-0.4, -0.2) is 72.0 Å². The fraction of sp³-hybridized carbons (Fsp3) is 0.958. The van der Waals surface area contributed by atoms with Crippen LogP contribution in [0.2, 0.25) is 0 Å². The summed E-state index contributed by atoms with van der Waals surface area (Å²) in [5, 5.41) is 9.95. The number of nitriles is 1. The van der Waals surface area contributed by atoms with E-state index in [2.05, 4.69) is 57.4 Å². The van der Waals surface area contributed by atoms with E-state index >= 15 is 0 Å². The molecular formula is C24H43N3O2. The Bertz CT molecular complexity index is 564. The molecule has 3 fully saturated rings. The van der Waals surface area contributed by atoms with Crippen LogP contribution in [0.5, 0.6) is 0 Å². The van der Waals surface area contributed by atoms with Gasteiger partial charge in [-0.05, 0) is 80.1 Å². The Kier molecular flexibility index (Phi) is 7.00. The van der Waals surface area contributed by atoms with Gasteiger partial charge in [0.1, 0.15) is 0 Å². The molecule has 0 radical (unpaired) electrons. The van der Waals surface area contributed by atoms with Crippen molar-refractivity contribution in [2.75, 3.05) is 32.7 Å². The standard InChI is InChI=1S/C24H43N3O2/c1-22(2,3)27-13-9-24(17-25,10-14-27)18-26-11-7-19(8-12-26)28-20-15-21(16-20)29-23(4,5)6/h19-21H,7-16,18H2,1-6H3. The maximum atomic E-state index is 9.95. The van der Waals surface area contributed by atoms with E-state index in [9.17, 15) is 5.26 Å². The molecule has 0 unspecified atom stereocenters. The molecule has 3 aliphatic rings. The molecule has 5 heteroatoms. The normalized spacial score (nSPS) is 30.0. The van der Waals surface area contributed by atoms with Crippen molar-refractivity contribution in [3.05, 3.63) is 0 Å². The minimum absolute atomic E-state index is 0.0549. The van der Waals surface area contributed by atoms with Crippen molar-refractivity contribution in [3.8, 4) is 6.07 Å². The first-order valence-corrected chi connectivity index (χ1v) is 11.7. The van der Waals surface area contributed by atoms with Gasteiger partial charge in [0.05, 0.1) is 35.4 Å². The van der Waals surface area contributed by atoms with Crippen molar-refractivity contribution < 1.29 is 9.47 Å². The third-order valence-electron chi connectivity index (χ3n) is 6.92. The van der Waals surface area contributed by atoms with E-state index in [-0.39, 0.29) is 16.6 Å². The lowest BCUT2D eigenvalue weighted by Crippen LogP contribution is -2.52. The van der Waals surface area contributed by atoms with Gasteiger partial charge >= 0.3 is 0 Å². The SMILES string of the molecule is CC(C)(C)OC1CC(OC2CCN(CC3(C#N)CCN(C(C)(C)C)CC3)CC2)C1. The van der Waals surface area contributed by atoms with Crippen LogP contribution in [-0.2, 0) is 9.47 Å². The molecule has 0 atom stereocenters. The lowest BCUT2D eigenvalue weighted by atomic mass is 9.78. The van der Waals surface area contributed by atoms with E-state index in [1.54, 1.807) is 0 Å². The topological polar surface area (TPSA) is 48.7 Å². The third kappa shape index (κ3) is 6.40. The molecule has 2 heterocycles. The molecule has 166 valence electrons. The van der Waals surface area contributed by atoms with Crippen LogP contribution in [0.1, 0.15) is 80.1 Å². The van der Waals surface area contributed by atoms with Gasteiger partial charge in [-0.25, -0.2) is 0 Å². The summed E-state index contributed by atoms with van der Waals surface area (Å²) in [6, 6.07) is 2.71. The predicted molar refractivity (Wildman–Crippen MR) is 117 cm³/mol. The van der Waals surface area contributed by atoms with Gasteiger partial charge in [-0.3, -0.25) is 4.90 Å². The van der Waals surface area contributed by atoms with Crippen LogP contribution >= 0.6 is 0 Å². The fourth-order valence-corrected chi connectivity index (χ4v) is 5.04. The van der Waals surface area contributed by atoms with Crippen molar-refractivity contribution in [1.29, 1.82) is 5.26 Å². The van der Waals surface area contributed by atoms with Gasteiger partial charge in [0, 0.05) is 38.3 Å². The lowest BCUT2D eigenvalue weighted by Gasteiger charge is -2.46. The van der Waals surface area contributed by atoms with E-state index < -0.39 is 0 Å². The third-order valence-corrected chi connectivity index (χ3v) is 6.92. The molecule has 2 aliphatic heterocycles. The average Bonchev–Trinajstić information content (AvgIpc) is 2.60. The summed E-state index contributed by atoms with van der Waals surface area (Å²) in [6.45, 7) is 18.3. The summed E-state index contributed by atoms with van der Waals surface area (Å²) in [5.41, 5.74) is -0.0165. The molecule has 0 aromatic rings. The van der Waals surface area contributed by atoms with Crippen molar-refractivity contribution in [3.63, 3.8) is 0 Å². The smallest absolute Gasteiger partial charge is 0.0725 e. The molecule has 0 amide bonds. The molecule has 0 aromatic carbocycles. The number of ether oxygens (including phenoxy) is 2. The van der Waals surface area contributed by atoms with Gasteiger partial charge in [-0.2, -0.15) is 5.26 Å². The Labute approximate surface area is 178 Å². The van der Waals surface area contributed by atoms with E-state index in [0.29, 0.717) is 18.3 Å². The van der Waals surface area contributed by atoms with Gasteiger partial charge in [0.2, 0.25) is 0 Å². The monoisotopic (exact) mass is 405 g/mol. The van der Waals surface area contributed by atoms with Crippen LogP contribution in [0, 0.1) is 16.7 Å². The maximum Gasteiger partial charge on any atom is 0.0725 e. The van der Waals surface area contributed by atoms with Crippen molar-refractivity contribution in [1.82, 2.24) is 9.80 Å². The summed E-state index contributed by atoms with van der Waals surface area (Å²) < 4.78 is 12.4.